The molecule has 3 rings (SSSR count). The minimum Gasteiger partial charge on any atom is -0.352 e. The Hall–Kier alpha value is -1.94. The molecule has 4 heteroatoms. The number of amides is 2. The summed E-state index contributed by atoms with van der Waals surface area (Å²) in [5, 5.41) is 2.82. The van der Waals surface area contributed by atoms with Crippen molar-refractivity contribution in [3.05, 3.63) is 59.7 Å². The molecule has 3 N–H and O–H groups in total. The van der Waals surface area contributed by atoms with Crippen LogP contribution < -0.4 is 11.1 Å². The smallest absolute Gasteiger partial charge is 0.312 e. The molecular formula is C14H12N2OS. The zero-order valence-corrected chi connectivity index (χ0v) is 10.4. The fourth-order valence-corrected chi connectivity index (χ4v) is 3.35. The molecule has 0 saturated carbocycles. The standard InChI is InChI=1S/C14H12N2OS/c15-14(17)16-13-9-5-1-3-7-11(9)18-12-8-4-2-6-10(12)13/h1-8,13H,(H3,15,16,17). The number of benzene rings is 2. The Kier molecular flexibility index (Phi) is 2.72. The second-order valence-electron chi connectivity index (χ2n) is 4.12. The lowest BCUT2D eigenvalue weighted by molar-refractivity contribution is 0.246. The van der Waals surface area contributed by atoms with E-state index in [9.17, 15) is 4.79 Å². The van der Waals surface area contributed by atoms with Crippen LogP contribution in [-0.2, 0) is 0 Å². The van der Waals surface area contributed by atoms with E-state index in [0.29, 0.717) is 0 Å². The van der Waals surface area contributed by atoms with E-state index in [1.165, 1.54) is 0 Å². The summed E-state index contributed by atoms with van der Waals surface area (Å²) in [5.41, 5.74) is 7.48. The van der Waals surface area contributed by atoms with Crippen molar-refractivity contribution in [3.8, 4) is 0 Å². The van der Waals surface area contributed by atoms with Crippen LogP contribution in [0.1, 0.15) is 17.2 Å². The van der Waals surface area contributed by atoms with Crippen molar-refractivity contribution < 1.29 is 4.79 Å². The van der Waals surface area contributed by atoms with Gasteiger partial charge in [0.1, 0.15) is 0 Å². The number of primary amides is 1. The largest absolute Gasteiger partial charge is 0.352 e. The highest BCUT2D eigenvalue weighted by molar-refractivity contribution is 7.99. The van der Waals surface area contributed by atoms with Gasteiger partial charge in [-0.2, -0.15) is 0 Å². The fraction of sp³-hybridized carbons (Fsp3) is 0.0714. The lowest BCUT2D eigenvalue weighted by atomic mass is 9.98. The molecule has 0 bridgehead atoms. The average Bonchev–Trinajstić information content (AvgIpc) is 2.38. The third kappa shape index (κ3) is 1.84. The molecular weight excluding hydrogens is 244 g/mol. The lowest BCUT2D eigenvalue weighted by Gasteiger charge is -2.27. The molecule has 3 nitrogen and oxygen atoms in total. The van der Waals surface area contributed by atoms with Crippen molar-refractivity contribution >= 4 is 17.8 Å². The number of hydrogen-bond acceptors (Lipinski definition) is 2. The van der Waals surface area contributed by atoms with E-state index in [1.54, 1.807) is 11.8 Å². The zero-order chi connectivity index (χ0) is 12.5. The summed E-state index contributed by atoms with van der Waals surface area (Å²) in [6.45, 7) is 0. The second kappa shape index (κ2) is 4.38. The minimum atomic E-state index is -0.503. The van der Waals surface area contributed by atoms with Gasteiger partial charge >= 0.3 is 6.03 Å². The van der Waals surface area contributed by atoms with E-state index in [0.717, 1.165) is 20.9 Å². The van der Waals surface area contributed by atoms with Crippen LogP contribution in [0.4, 0.5) is 4.79 Å². The summed E-state index contributed by atoms with van der Waals surface area (Å²) >= 11 is 1.72. The van der Waals surface area contributed by atoms with Gasteiger partial charge in [-0.25, -0.2) is 4.79 Å². The summed E-state index contributed by atoms with van der Waals surface area (Å²) < 4.78 is 0. The lowest BCUT2D eigenvalue weighted by Crippen LogP contribution is -2.35. The van der Waals surface area contributed by atoms with Gasteiger partial charge in [0.25, 0.3) is 0 Å². The van der Waals surface area contributed by atoms with Gasteiger partial charge in [-0.1, -0.05) is 48.2 Å². The molecule has 0 saturated heterocycles. The van der Waals surface area contributed by atoms with Crippen LogP contribution in [0.3, 0.4) is 0 Å². The van der Waals surface area contributed by atoms with Gasteiger partial charge in [0.15, 0.2) is 0 Å². The number of nitrogens with two attached hydrogens (primary N) is 1. The predicted octanol–water partition coefficient (Wildman–Crippen LogP) is 2.91. The van der Waals surface area contributed by atoms with Crippen LogP contribution in [0.15, 0.2) is 58.3 Å². The normalized spacial score (nSPS) is 13.6. The van der Waals surface area contributed by atoms with Gasteiger partial charge in [-0.15, -0.1) is 0 Å². The monoisotopic (exact) mass is 256 g/mol. The molecule has 1 aliphatic heterocycles. The third-order valence-electron chi connectivity index (χ3n) is 2.97. The van der Waals surface area contributed by atoms with Gasteiger partial charge in [-0.3, -0.25) is 0 Å². The molecule has 0 aliphatic carbocycles. The summed E-state index contributed by atoms with van der Waals surface area (Å²) in [5.74, 6) is 0. The van der Waals surface area contributed by atoms with Gasteiger partial charge in [0.2, 0.25) is 0 Å². The molecule has 0 atom stereocenters. The maximum Gasteiger partial charge on any atom is 0.312 e. The van der Waals surface area contributed by atoms with E-state index in [2.05, 4.69) is 17.4 Å². The Bertz CT molecular complexity index is 567. The van der Waals surface area contributed by atoms with Gasteiger partial charge in [-0.05, 0) is 23.3 Å². The van der Waals surface area contributed by atoms with E-state index in [4.69, 9.17) is 5.73 Å². The Labute approximate surface area is 109 Å². The molecule has 2 amide bonds. The van der Waals surface area contributed by atoms with Crippen LogP contribution in [0.5, 0.6) is 0 Å². The maximum absolute atomic E-state index is 11.2. The third-order valence-corrected chi connectivity index (χ3v) is 4.15. The fourth-order valence-electron chi connectivity index (χ4n) is 2.21. The first kappa shape index (κ1) is 11.2. The number of fused-ring (bicyclic) bond motifs is 2. The predicted molar refractivity (Wildman–Crippen MR) is 71.6 cm³/mol. The van der Waals surface area contributed by atoms with Crippen molar-refractivity contribution in [2.45, 2.75) is 15.8 Å². The van der Waals surface area contributed by atoms with Crippen LogP contribution in [0, 0.1) is 0 Å². The molecule has 0 aromatic heterocycles. The molecule has 0 fully saturated rings. The SMILES string of the molecule is NC(=O)NC1c2ccccc2Sc2ccccc21. The quantitative estimate of drug-likeness (QED) is 0.824. The maximum atomic E-state index is 11.2. The number of rotatable bonds is 1. The number of urea groups is 1. The minimum absolute atomic E-state index is 0.156. The summed E-state index contributed by atoms with van der Waals surface area (Å²) in [4.78, 5) is 13.5. The van der Waals surface area contributed by atoms with Crippen molar-refractivity contribution in [2.75, 3.05) is 0 Å². The van der Waals surface area contributed by atoms with Crippen molar-refractivity contribution in [1.29, 1.82) is 0 Å². The molecule has 2 aromatic rings. The molecule has 18 heavy (non-hydrogen) atoms. The highest BCUT2D eigenvalue weighted by Crippen LogP contribution is 2.44. The summed E-state index contributed by atoms with van der Waals surface area (Å²) in [7, 11) is 0. The molecule has 2 aromatic carbocycles. The van der Waals surface area contributed by atoms with Gasteiger partial charge in [0.05, 0.1) is 6.04 Å². The molecule has 1 heterocycles. The number of hydrogen-bond donors (Lipinski definition) is 2. The first-order valence-corrected chi connectivity index (χ1v) is 6.49. The van der Waals surface area contributed by atoms with Crippen molar-refractivity contribution in [2.24, 2.45) is 5.73 Å². The van der Waals surface area contributed by atoms with Gasteiger partial charge < -0.3 is 11.1 Å². The van der Waals surface area contributed by atoms with Crippen LogP contribution in [0.25, 0.3) is 0 Å². The first-order valence-electron chi connectivity index (χ1n) is 5.67. The molecule has 90 valence electrons. The summed E-state index contributed by atoms with van der Waals surface area (Å²) in [6, 6.07) is 15.5. The van der Waals surface area contributed by atoms with Gasteiger partial charge in [0, 0.05) is 9.79 Å². The van der Waals surface area contributed by atoms with E-state index in [-0.39, 0.29) is 6.04 Å². The van der Waals surface area contributed by atoms with Crippen molar-refractivity contribution in [1.82, 2.24) is 5.32 Å². The van der Waals surface area contributed by atoms with Crippen LogP contribution in [0.2, 0.25) is 0 Å². The Morgan fingerprint density at radius 1 is 1.00 bits per heavy atom. The van der Waals surface area contributed by atoms with E-state index >= 15 is 0 Å². The molecule has 1 aliphatic rings. The Morgan fingerprint density at radius 2 is 1.50 bits per heavy atom. The molecule has 0 radical (unpaired) electrons. The number of nitrogens with one attached hydrogen (secondary N) is 1. The average molecular weight is 256 g/mol. The Balaban J connectivity index is 2.14. The summed E-state index contributed by atoms with van der Waals surface area (Å²) in [6.07, 6.45) is 0. The van der Waals surface area contributed by atoms with Crippen LogP contribution in [-0.4, -0.2) is 6.03 Å². The first-order chi connectivity index (χ1) is 8.75. The number of carbonyl (C=O) groups is 1. The molecule has 0 spiro atoms. The van der Waals surface area contributed by atoms with E-state index in [1.807, 2.05) is 36.4 Å². The van der Waals surface area contributed by atoms with Crippen molar-refractivity contribution in [3.63, 3.8) is 0 Å². The highest BCUT2D eigenvalue weighted by Gasteiger charge is 2.26. The zero-order valence-electron chi connectivity index (χ0n) is 9.59. The topological polar surface area (TPSA) is 55.1 Å². The highest BCUT2D eigenvalue weighted by atomic mass is 32.2. The Morgan fingerprint density at radius 3 is 2.00 bits per heavy atom. The molecule has 0 unspecified atom stereocenters. The van der Waals surface area contributed by atoms with Crippen LogP contribution >= 0.6 is 11.8 Å². The second-order valence-corrected chi connectivity index (χ2v) is 5.20. The van der Waals surface area contributed by atoms with E-state index < -0.39 is 6.03 Å². The number of carbonyl (C=O) groups excluding carboxylic acids is 1.